The molecule has 0 aliphatic carbocycles. The van der Waals surface area contributed by atoms with E-state index in [4.69, 9.17) is 11.6 Å². The molecule has 2 rings (SSSR count). The fourth-order valence-corrected chi connectivity index (χ4v) is 2.87. The monoisotopic (exact) mass is 306 g/mol. The summed E-state index contributed by atoms with van der Waals surface area (Å²) in [6, 6.07) is 0. The Morgan fingerprint density at radius 2 is 2.23 bits per heavy atom. The number of hydrogen-bond acceptors (Lipinski definition) is 1. The Balaban J connectivity index is 3.03. The Bertz CT molecular complexity index is 434. The third kappa shape index (κ3) is 1.34. The number of aromatic nitrogens is 2. The van der Waals surface area contributed by atoms with E-state index in [-0.39, 0.29) is 0 Å². The smallest absolute Gasteiger partial charge is 0.139 e. The minimum absolute atomic E-state index is 0.589. The van der Waals surface area contributed by atoms with E-state index in [0.717, 1.165) is 14.5 Å². The van der Waals surface area contributed by atoms with Crippen LogP contribution in [0.25, 0.3) is 10.9 Å². The first-order valence-corrected chi connectivity index (χ1v) is 5.32. The van der Waals surface area contributed by atoms with Crippen molar-refractivity contribution in [2.75, 3.05) is 0 Å². The number of nitrogens with zero attached hydrogens (tertiary/aromatic N) is 2. The number of pyridine rings is 1. The van der Waals surface area contributed by atoms with Gasteiger partial charge in [-0.25, -0.2) is 4.98 Å². The Morgan fingerprint density at radius 1 is 1.54 bits per heavy atom. The van der Waals surface area contributed by atoms with Crippen molar-refractivity contribution in [3.63, 3.8) is 0 Å². The minimum atomic E-state index is 0.589. The summed E-state index contributed by atoms with van der Waals surface area (Å²) in [5.74, 6) is 0. The largest absolute Gasteiger partial charge is 0.349 e. The van der Waals surface area contributed by atoms with Gasteiger partial charge in [-0.3, -0.25) is 0 Å². The molecule has 0 bridgehead atoms. The van der Waals surface area contributed by atoms with E-state index in [1.54, 1.807) is 6.20 Å². The van der Waals surface area contributed by atoms with Crippen LogP contribution in [0.4, 0.5) is 0 Å². The summed E-state index contributed by atoms with van der Waals surface area (Å²) in [7, 11) is 2.02. The summed E-state index contributed by atoms with van der Waals surface area (Å²) < 4.78 is 3.23. The first-order valence-electron chi connectivity index (χ1n) is 3.87. The highest BCUT2D eigenvalue weighted by Gasteiger charge is 2.10. The summed E-state index contributed by atoms with van der Waals surface area (Å²) in [4.78, 5) is 4.13. The van der Waals surface area contributed by atoms with Gasteiger partial charge in [-0.2, -0.15) is 0 Å². The second-order valence-electron chi connectivity index (χ2n) is 3.04. The number of halogens is 2. The minimum Gasteiger partial charge on any atom is -0.349 e. The van der Waals surface area contributed by atoms with Crippen LogP contribution in [-0.4, -0.2) is 9.55 Å². The zero-order valence-electron chi connectivity index (χ0n) is 7.31. The zero-order chi connectivity index (χ0) is 9.59. The fourth-order valence-electron chi connectivity index (χ4n) is 1.54. The fraction of sp³-hybridized carbons (Fsp3) is 0.222. The molecule has 0 atom stereocenters. The van der Waals surface area contributed by atoms with Crippen LogP contribution < -0.4 is 0 Å². The highest BCUT2D eigenvalue weighted by molar-refractivity contribution is 14.1. The van der Waals surface area contributed by atoms with Crippen LogP contribution in [0.5, 0.6) is 0 Å². The average molecular weight is 307 g/mol. The maximum Gasteiger partial charge on any atom is 0.139 e. The van der Waals surface area contributed by atoms with Gasteiger partial charge >= 0.3 is 0 Å². The van der Waals surface area contributed by atoms with Crippen molar-refractivity contribution in [2.45, 2.75) is 6.92 Å². The third-order valence-corrected chi connectivity index (χ3v) is 3.19. The molecule has 68 valence electrons. The van der Waals surface area contributed by atoms with Gasteiger partial charge in [0.1, 0.15) is 5.15 Å². The van der Waals surface area contributed by atoms with E-state index in [9.17, 15) is 0 Å². The Hall–Kier alpha value is -0.290. The van der Waals surface area contributed by atoms with Crippen LogP contribution in [0.2, 0.25) is 5.15 Å². The summed E-state index contributed by atoms with van der Waals surface area (Å²) >= 11 is 8.29. The lowest BCUT2D eigenvalue weighted by Gasteiger charge is -2.00. The van der Waals surface area contributed by atoms with E-state index in [1.807, 2.05) is 14.0 Å². The average Bonchev–Trinajstić information content (AvgIpc) is 2.36. The van der Waals surface area contributed by atoms with Crippen LogP contribution in [0.3, 0.4) is 0 Å². The van der Waals surface area contributed by atoms with Gasteiger partial charge in [-0.05, 0) is 35.1 Å². The van der Waals surface area contributed by atoms with Crippen molar-refractivity contribution in [2.24, 2.45) is 7.05 Å². The zero-order valence-corrected chi connectivity index (χ0v) is 10.2. The summed E-state index contributed by atoms with van der Waals surface area (Å²) in [6.45, 7) is 2.04. The predicted molar refractivity (Wildman–Crippen MR) is 63.2 cm³/mol. The molecular weight excluding hydrogens is 298 g/mol. The molecule has 2 nitrogen and oxygen atoms in total. The first kappa shape index (κ1) is 9.27. The molecule has 4 heteroatoms. The molecule has 13 heavy (non-hydrogen) atoms. The van der Waals surface area contributed by atoms with Crippen molar-refractivity contribution in [3.05, 3.63) is 26.7 Å². The molecule has 0 amide bonds. The summed E-state index contributed by atoms with van der Waals surface area (Å²) in [5.41, 5.74) is 2.33. The molecule has 0 aliphatic rings. The Kier molecular flexibility index (Phi) is 2.23. The highest BCUT2D eigenvalue weighted by atomic mass is 127. The quantitative estimate of drug-likeness (QED) is 0.540. The lowest BCUT2D eigenvalue weighted by Crippen LogP contribution is -1.88. The molecule has 2 heterocycles. The van der Waals surface area contributed by atoms with E-state index in [2.05, 4.69) is 38.3 Å². The van der Waals surface area contributed by atoms with Crippen LogP contribution in [0.1, 0.15) is 5.56 Å². The number of fused-ring (bicyclic) bond motifs is 1. The van der Waals surface area contributed by atoms with Crippen LogP contribution >= 0.6 is 34.2 Å². The van der Waals surface area contributed by atoms with E-state index in [0.29, 0.717) is 5.15 Å². The molecule has 2 aromatic heterocycles. The summed E-state index contributed by atoms with van der Waals surface area (Å²) in [6.07, 6.45) is 3.87. The molecule has 0 spiro atoms. The van der Waals surface area contributed by atoms with Crippen molar-refractivity contribution in [1.29, 1.82) is 0 Å². The van der Waals surface area contributed by atoms with Gasteiger partial charge in [-0.1, -0.05) is 11.6 Å². The highest BCUT2D eigenvalue weighted by Crippen LogP contribution is 2.29. The third-order valence-electron chi connectivity index (χ3n) is 2.09. The molecule has 0 saturated heterocycles. The standard InChI is InChI=1S/C9H8ClIN2/c1-5-3-12-9(10)7-6(11)4-13(2)8(5)7/h3-4H,1-2H3. The molecular formula is C9H8ClIN2. The van der Waals surface area contributed by atoms with Gasteiger partial charge in [0.2, 0.25) is 0 Å². The molecule has 0 aliphatic heterocycles. The second-order valence-corrected chi connectivity index (χ2v) is 4.56. The van der Waals surface area contributed by atoms with Gasteiger partial charge in [0.05, 0.1) is 10.9 Å². The molecule has 0 radical (unpaired) electrons. The van der Waals surface area contributed by atoms with E-state index in [1.165, 1.54) is 5.52 Å². The predicted octanol–water partition coefficient (Wildman–Crippen LogP) is 3.14. The van der Waals surface area contributed by atoms with Crippen LogP contribution in [0, 0.1) is 10.5 Å². The molecule has 0 aromatic carbocycles. The molecule has 0 N–H and O–H groups in total. The maximum absolute atomic E-state index is 6.02. The van der Waals surface area contributed by atoms with Gasteiger partial charge in [0, 0.05) is 23.0 Å². The number of rotatable bonds is 0. The topological polar surface area (TPSA) is 17.8 Å². The Morgan fingerprint density at radius 3 is 2.85 bits per heavy atom. The van der Waals surface area contributed by atoms with Gasteiger partial charge in [-0.15, -0.1) is 0 Å². The molecule has 0 saturated carbocycles. The van der Waals surface area contributed by atoms with Crippen LogP contribution in [-0.2, 0) is 7.05 Å². The molecule has 2 aromatic rings. The number of hydrogen-bond donors (Lipinski definition) is 0. The van der Waals surface area contributed by atoms with Gasteiger partial charge < -0.3 is 4.57 Å². The SMILES string of the molecule is Cc1cnc(Cl)c2c(I)cn(C)c12. The first-order chi connectivity index (χ1) is 6.11. The second kappa shape index (κ2) is 3.13. The van der Waals surface area contributed by atoms with Crippen molar-refractivity contribution < 1.29 is 0 Å². The van der Waals surface area contributed by atoms with Crippen molar-refractivity contribution in [1.82, 2.24) is 9.55 Å². The van der Waals surface area contributed by atoms with E-state index >= 15 is 0 Å². The van der Waals surface area contributed by atoms with Crippen molar-refractivity contribution >= 4 is 45.1 Å². The number of aryl methyl sites for hydroxylation is 2. The van der Waals surface area contributed by atoms with Crippen molar-refractivity contribution in [3.8, 4) is 0 Å². The lowest BCUT2D eigenvalue weighted by molar-refractivity contribution is 0.960. The van der Waals surface area contributed by atoms with E-state index < -0.39 is 0 Å². The normalized spacial score (nSPS) is 11.1. The molecule has 0 unspecified atom stereocenters. The maximum atomic E-state index is 6.02. The lowest BCUT2D eigenvalue weighted by atomic mass is 10.2. The summed E-state index contributed by atoms with van der Waals surface area (Å²) in [5, 5.41) is 1.65. The Labute approximate surface area is 95.0 Å². The molecule has 0 fully saturated rings. The van der Waals surface area contributed by atoms with Gasteiger partial charge in [0.15, 0.2) is 0 Å². The van der Waals surface area contributed by atoms with Crippen LogP contribution in [0.15, 0.2) is 12.4 Å². The van der Waals surface area contributed by atoms with Gasteiger partial charge in [0.25, 0.3) is 0 Å².